The summed E-state index contributed by atoms with van der Waals surface area (Å²) in [7, 11) is 0. The molecule has 3 rings (SSSR count). The third kappa shape index (κ3) is 3.96. The highest BCUT2D eigenvalue weighted by molar-refractivity contribution is 7.13. The Bertz CT molecular complexity index is 682. The SMILES string of the molecule is N#Cc1ccc(C(CC2CCCC2)C(=O)Nc2nccs2)cc1. The molecule has 4 nitrogen and oxygen atoms in total. The lowest BCUT2D eigenvalue weighted by molar-refractivity contribution is -0.118. The van der Waals surface area contributed by atoms with Crippen molar-refractivity contribution in [3.05, 3.63) is 47.0 Å². The molecule has 23 heavy (non-hydrogen) atoms. The number of carbonyl (C=O) groups excluding carboxylic acids is 1. The fourth-order valence-electron chi connectivity index (χ4n) is 3.24. The van der Waals surface area contributed by atoms with E-state index in [-0.39, 0.29) is 11.8 Å². The summed E-state index contributed by atoms with van der Waals surface area (Å²) in [6.45, 7) is 0. The Balaban J connectivity index is 1.79. The van der Waals surface area contributed by atoms with Crippen LogP contribution in [0.1, 0.15) is 49.1 Å². The number of thiazole rings is 1. The van der Waals surface area contributed by atoms with Gasteiger partial charge in [-0.1, -0.05) is 37.8 Å². The first-order valence-electron chi connectivity index (χ1n) is 7.96. The minimum Gasteiger partial charge on any atom is -0.301 e. The van der Waals surface area contributed by atoms with Crippen molar-refractivity contribution < 1.29 is 4.79 Å². The van der Waals surface area contributed by atoms with E-state index in [1.807, 2.05) is 17.5 Å². The molecule has 2 aromatic rings. The molecule has 0 radical (unpaired) electrons. The molecule has 1 aromatic carbocycles. The van der Waals surface area contributed by atoms with Crippen LogP contribution in [-0.2, 0) is 4.79 Å². The molecule has 118 valence electrons. The standard InChI is InChI=1S/C18H19N3OS/c19-12-14-5-7-15(8-6-14)16(11-13-3-1-2-4-13)17(22)21-18-20-9-10-23-18/h5-10,13,16H,1-4,11H2,(H,20,21,22). The van der Waals surface area contributed by atoms with Crippen LogP contribution < -0.4 is 5.32 Å². The number of anilines is 1. The largest absolute Gasteiger partial charge is 0.301 e. The maximum Gasteiger partial charge on any atom is 0.233 e. The van der Waals surface area contributed by atoms with E-state index in [1.165, 1.54) is 37.0 Å². The first-order valence-corrected chi connectivity index (χ1v) is 8.84. The molecule has 1 aliphatic rings. The molecule has 0 aliphatic heterocycles. The van der Waals surface area contributed by atoms with Crippen LogP contribution in [0.3, 0.4) is 0 Å². The molecule has 1 N–H and O–H groups in total. The number of rotatable bonds is 5. The zero-order valence-electron chi connectivity index (χ0n) is 12.9. The fraction of sp³-hybridized carbons (Fsp3) is 0.389. The second kappa shape index (κ2) is 7.38. The minimum absolute atomic E-state index is 0.00319. The van der Waals surface area contributed by atoms with Crippen molar-refractivity contribution in [2.45, 2.75) is 38.0 Å². The number of hydrogen-bond donors (Lipinski definition) is 1. The summed E-state index contributed by atoms with van der Waals surface area (Å²) in [6, 6.07) is 9.50. The summed E-state index contributed by atoms with van der Waals surface area (Å²) in [5.74, 6) is 0.420. The summed E-state index contributed by atoms with van der Waals surface area (Å²) >= 11 is 1.43. The maximum atomic E-state index is 12.7. The predicted octanol–water partition coefficient (Wildman–Crippen LogP) is 4.32. The van der Waals surface area contributed by atoms with Crippen molar-refractivity contribution in [3.63, 3.8) is 0 Å². The van der Waals surface area contributed by atoms with Crippen molar-refractivity contribution in [2.24, 2.45) is 5.92 Å². The van der Waals surface area contributed by atoms with Crippen LogP contribution in [-0.4, -0.2) is 10.9 Å². The van der Waals surface area contributed by atoms with Crippen molar-refractivity contribution in [3.8, 4) is 6.07 Å². The average molecular weight is 325 g/mol. The third-order valence-corrected chi connectivity index (χ3v) is 5.15. The van der Waals surface area contributed by atoms with E-state index >= 15 is 0 Å². The third-order valence-electron chi connectivity index (χ3n) is 4.46. The van der Waals surface area contributed by atoms with Gasteiger partial charge in [0, 0.05) is 11.6 Å². The Kier molecular flexibility index (Phi) is 5.04. The molecule has 5 heteroatoms. The van der Waals surface area contributed by atoms with Gasteiger partial charge in [-0.2, -0.15) is 5.26 Å². The van der Waals surface area contributed by atoms with Crippen molar-refractivity contribution in [2.75, 3.05) is 5.32 Å². The number of nitrogens with one attached hydrogen (secondary N) is 1. The summed E-state index contributed by atoms with van der Waals surface area (Å²) in [5.41, 5.74) is 1.60. The van der Waals surface area contributed by atoms with Crippen LogP contribution in [0.25, 0.3) is 0 Å². The molecule has 1 unspecified atom stereocenters. The molecule has 1 aromatic heterocycles. The molecule has 1 atom stereocenters. The van der Waals surface area contributed by atoms with Crippen molar-refractivity contribution >= 4 is 22.4 Å². The lowest BCUT2D eigenvalue weighted by Gasteiger charge is -2.20. The van der Waals surface area contributed by atoms with Crippen LogP contribution in [0, 0.1) is 17.2 Å². The molecular formula is C18H19N3OS. The summed E-state index contributed by atoms with van der Waals surface area (Å²) < 4.78 is 0. The van der Waals surface area contributed by atoms with Crippen LogP contribution in [0.4, 0.5) is 5.13 Å². The first kappa shape index (κ1) is 15.7. The van der Waals surface area contributed by atoms with Crippen LogP contribution >= 0.6 is 11.3 Å². The maximum absolute atomic E-state index is 12.7. The second-order valence-electron chi connectivity index (χ2n) is 6.00. The molecular weight excluding hydrogens is 306 g/mol. The van der Waals surface area contributed by atoms with E-state index in [4.69, 9.17) is 5.26 Å². The second-order valence-corrected chi connectivity index (χ2v) is 6.89. The number of amides is 1. The van der Waals surface area contributed by atoms with E-state index in [1.54, 1.807) is 18.3 Å². The van der Waals surface area contributed by atoms with Crippen molar-refractivity contribution in [1.82, 2.24) is 4.98 Å². The normalized spacial score (nSPS) is 16.0. The summed E-state index contributed by atoms with van der Waals surface area (Å²) in [6.07, 6.45) is 7.49. The minimum atomic E-state index is -0.185. The number of benzene rings is 1. The Morgan fingerprint density at radius 2 is 2.09 bits per heavy atom. The number of aromatic nitrogens is 1. The number of carbonyl (C=O) groups is 1. The van der Waals surface area contributed by atoms with Gasteiger partial charge in [0.25, 0.3) is 0 Å². The lowest BCUT2D eigenvalue weighted by Crippen LogP contribution is -2.23. The van der Waals surface area contributed by atoms with Crippen molar-refractivity contribution in [1.29, 1.82) is 5.26 Å². The topological polar surface area (TPSA) is 65.8 Å². The van der Waals surface area contributed by atoms with E-state index in [0.717, 1.165) is 12.0 Å². The van der Waals surface area contributed by atoms with E-state index in [2.05, 4.69) is 16.4 Å². The number of nitriles is 1. The molecule has 1 fully saturated rings. The van der Waals surface area contributed by atoms with Gasteiger partial charge in [0.1, 0.15) is 0 Å². The van der Waals surface area contributed by atoms with Gasteiger partial charge in [-0.15, -0.1) is 11.3 Å². The number of nitrogens with zero attached hydrogens (tertiary/aromatic N) is 2. The monoisotopic (exact) mass is 325 g/mol. The highest BCUT2D eigenvalue weighted by Crippen LogP contribution is 2.35. The van der Waals surface area contributed by atoms with Gasteiger partial charge in [-0.3, -0.25) is 4.79 Å². The van der Waals surface area contributed by atoms with Gasteiger partial charge < -0.3 is 5.32 Å². The molecule has 1 heterocycles. The van der Waals surface area contributed by atoms with Gasteiger partial charge >= 0.3 is 0 Å². The molecule has 1 amide bonds. The van der Waals surface area contributed by atoms with Gasteiger partial charge in [-0.05, 0) is 30.0 Å². The van der Waals surface area contributed by atoms with Gasteiger partial charge in [0.2, 0.25) is 5.91 Å². The van der Waals surface area contributed by atoms with Crippen LogP contribution in [0.5, 0.6) is 0 Å². The quantitative estimate of drug-likeness (QED) is 0.890. The molecule has 1 saturated carbocycles. The Morgan fingerprint density at radius 1 is 1.35 bits per heavy atom. The lowest BCUT2D eigenvalue weighted by atomic mass is 9.87. The Hall–Kier alpha value is -2.19. The molecule has 1 aliphatic carbocycles. The van der Waals surface area contributed by atoms with Crippen LogP contribution in [0.2, 0.25) is 0 Å². The highest BCUT2D eigenvalue weighted by atomic mass is 32.1. The van der Waals surface area contributed by atoms with E-state index < -0.39 is 0 Å². The fourth-order valence-corrected chi connectivity index (χ4v) is 3.77. The van der Waals surface area contributed by atoms with E-state index in [0.29, 0.717) is 16.6 Å². The average Bonchev–Trinajstić information content (AvgIpc) is 3.26. The predicted molar refractivity (Wildman–Crippen MR) is 91.2 cm³/mol. The van der Waals surface area contributed by atoms with Crippen LogP contribution in [0.15, 0.2) is 35.8 Å². The summed E-state index contributed by atoms with van der Waals surface area (Å²) in [5, 5.41) is 14.4. The Morgan fingerprint density at radius 3 is 2.70 bits per heavy atom. The smallest absolute Gasteiger partial charge is 0.233 e. The van der Waals surface area contributed by atoms with Gasteiger partial charge in [-0.25, -0.2) is 4.98 Å². The number of hydrogen-bond acceptors (Lipinski definition) is 4. The zero-order valence-corrected chi connectivity index (χ0v) is 13.7. The first-order chi connectivity index (χ1) is 11.3. The summed E-state index contributed by atoms with van der Waals surface area (Å²) in [4.78, 5) is 16.9. The zero-order chi connectivity index (χ0) is 16.1. The Labute approximate surface area is 140 Å². The highest BCUT2D eigenvalue weighted by Gasteiger charge is 2.27. The van der Waals surface area contributed by atoms with Gasteiger partial charge in [0.05, 0.1) is 17.6 Å². The molecule has 0 bridgehead atoms. The van der Waals surface area contributed by atoms with Gasteiger partial charge in [0.15, 0.2) is 5.13 Å². The molecule has 0 saturated heterocycles. The van der Waals surface area contributed by atoms with E-state index in [9.17, 15) is 4.79 Å². The molecule has 0 spiro atoms.